The minimum Gasteiger partial charge on any atom is -0.337 e. The minimum atomic E-state index is 0.459. The molecule has 178 valence electrons. The molecule has 2 aliphatic heterocycles. The molecule has 0 atom stereocenters. The van der Waals surface area contributed by atoms with Gasteiger partial charge in [0.1, 0.15) is 0 Å². The maximum absolute atomic E-state index is 2.49. The van der Waals surface area contributed by atoms with E-state index in [1.54, 1.807) is 0 Å². The molecule has 0 fully saturated rings. The van der Waals surface area contributed by atoms with Gasteiger partial charge in [-0.15, -0.1) is 0 Å². The van der Waals surface area contributed by atoms with Gasteiger partial charge in [-0.2, -0.15) is 0 Å². The van der Waals surface area contributed by atoms with Crippen LogP contribution in [0.3, 0.4) is 0 Å². The zero-order valence-electron chi connectivity index (χ0n) is 21.5. The van der Waals surface area contributed by atoms with Crippen molar-refractivity contribution < 1.29 is 0 Å². The Balaban J connectivity index is 0.000000147. The quantitative estimate of drug-likeness (QED) is 0.228. The zero-order valence-corrected chi connectivity index (χ0v) is 23.1. The van der Waals surface area contributed by atoms with E-state index in [-0.39, 0.29) is 0 Å². The molecule has 0 radical (unpaired) electrons. The van der Waals surface area contributed by atoms with Crippen molar-refractivity contribution in [3.63, 3.8) is 0 Å². The Labute approximate surface area is 219 Å². The fourth-order valence-electron chi connectivity index (χ4n) is 5.08. The highest BCUT2D eigenvalue weighted by molar-refractivity contribution is 8.00. The number of nitrogens with zero attached hydrogens (tertiary/aromatic N) is 1. The van der Waals surface area contributed by atoms with E-state index < -0.39 is 0 Å². The van der Waals surface area contributed by atoms with Gasteiger partial charge in [-0.05, 0) is 99.2 Å². The molecule has 6 rings (SSSR count). The van der Waals surface area contributed by atoms with Crippen molar-refractivity contribution in [3.05, 3.63) is 106 Å². The van der Waals surface area contributed by atoms with E-state index >= 15 is 0 Å². The highest BCUT2D eigenvalue weighted by Crippen LogP contribution is 2.51. The highest BCUT2D eigenvalue weighted by Gasteiger charge is 2.27. The first kappa shape index (κ1) is 24.1. The summed E-state index contributed by atoms with van der Waals surface area (Å²) in [5, 5.41) is 0. The van der Waals surface area contributed by atoms with Gasteiger partial charge in [-0.1, -0.05) is 72.1 Å². The molecular formula is C32H33NS2. The number of fused-ring (bicyclic) bond motifs is 4. The van der Waals surface area contributed by atoms with Gasteiger partial charge in [0.15, 0.2) is 0 Å². The van der Waals surface area contributed by atoms with Gasteiger partial charge in [0.05, 0.1) is 11.4 Å². The van der Waals surface area contributed by atoms with Crippen LogP contribution in [0.1, 0.15) is 47.2 Å². The van der Waals surface area contributed by atoms with Crippen LogP contribution in [0.2, 0.25) is 0 Å². The van der Waals surface area contributed by atoms with Crippen molar-refractivity contribution in [1.82, 2.24) is 0 Å². The smallest absolute Gasteiger partial charge is 0.0585 e. The fraction of sp³-hybridized carbons (Fsp3) is 0.250. The monoisotopic (exact) mass is 495 g/mol. The Kier molecular flexibility index (Phi) is 6.74. The van der Waals surface area contributed by atoms with Gasteiger partial charge < -0.3 is 4.90 Å². The number of hydrogen-bond donors (Lipinski definition) is 0. The molecule has 0 aliphatic carbocycles. The molecule has 0 spiro atoms. The van der Waals surface area contributed by atoms with Gasteiger partial charge in [0.25, 0.3) is 0 Å². The Hall–Kier alpha value is -2.62. The summed E-state index contributed by atoms with van der Waals surface area (Å²) in [5.74, 6) is 0. The van der Waals surface area contributed by atoms with Crippen LogP contribution >= 0.6 is 23.5 Å². The number of anilines is 2. The maximum atomic E-state index is 2.49. The predicted molar refractivity (Wildman–Crippen MR) is 153 cm³/mol. The first-order valence-corrected chi connectivity index (χ1v) is 14.0. The third-order valence-corrected chi connectivity index (χ3v) is 9.23. The van der Waals surface area contributed by atoms with Crippen molar-refractivity contribution in [3.8, 4) is 0 Å². The summed E-state index contributed by atoms with van der Waals surface area (Å²) in [5.41, 5.74) is 11.3. The Morgan fingerprint density at radius 1 is 0.543 bits per heavy atom. The minimum absolute atomic E-state index is 0.459. The van der Waals surface area contributed by atoms with Crippen LogP contribution in [0.25, 0.3) is 0 Å². The maximum Gasteiger partial charge on any atom is 0.0585 e. The van der Waals surface area contributed by atoms with Crippen molar-refractivity contribution in [1.29, 1.82) is 0 Å². The van der Waals surface area contributed by atoms with Crippen molar-refractivity contribution in [2.75, 3.05) is 4.90 Å². The lowest BCUT2D eigenvalue weighted by Crippen LogP contribution is -2.29. The van der Waals surface area contributed by atoms with Gasteiger partial charge in [0.2, 0.25) is 0 Å². The van der Waals surface area contributed by atoms with E-state index in [1.165, 1.54) is 64.3 Å². The zero-order chi connectivity index (χ0) is 24.7. The Bertz CT molecular complexity index is 1300. The molecular weight excluding hydrogens is 462 g/mol. The molecule has 0 aromatic heterocycles. The van der Waals surface area contributed by atoms with Crippen LogP contribution < -0.4 is 4.90 Å². The van der Waals surface area contributed by atoms with Crippen LogP contribution in [-0.2, 0) is 6.42 Å². The van der Waals surface area contributed by atoms with E-state index in [9.17, 15) is 0 Å². The van der Waals surface area contributed by atoms with Crippen molar-refractivity contribution in [2.24, 2.45) is 0 Å². The van der Waals surface area contributed by atoms with E-state index in [1.807, 2.05) is 23.5 Å². The lowest BCUT2D eigenvalue weighted by Gasteiger charge is -2.38. The SMILES string of the molecule is Cc1cccc2c1Cc1c(C)cccc1S2.Cc1cccc2c1N(C(C)C)c1c(C)cccc1S2. The van der Waals surface area contributed by atoms with Gasteiger partial charge in [-0.25, -0.2) is 0 Å². The van der Waals surface area contributed by atoms with Crippen LogP contribution in [-0.4, -0.2) is 6.04 Å². The molecule has 2 heterocycles. The van der Waals surface area contributed by atoms with E-state index in [0.717, 1.165) is 6.42 Å². The molecule has 0 amide bonds. The summed E-state index contributed by atoms with van der Waals surface area (Å²) in [4.78, 5) is 8.08. The van der Waals surface area contributed by atoms with Crippen LogP contribution in [0.15, 0.2) is 92.4 Å². The summed E-state index contributed by atoms with van der Waals surface area (Å²) in [6.45, 7) is 13.4. The second-order valence-corrected chi connectivity index (χ2v) is 12.0. The molecule has 0 saturated heterocycles. The summed E-state index contributed by atoms with van der Waals surface area (Å²) in [7, 11) is 0. The van der Waals surface area contributed by atoms with Gasteiger partial charge in [0, 0.05) is 32.0 Å². The highest BCUT2D eigenvalue weighted by atomic mass is 32.2. The third-order valence-electron chi connectivity index (χ3n) is 6.93. The number of benzene rings is 4. The molecule has 0 bridgehead atoms. The van der Waals surface area contributed by atoms with Gasteiger partial charge in [-0.3, -0.25) is 0 Å². The number of rotatable bonds is 1. The summed E-state index contributed by atoms with van der Waals surface area (Å²) in [6, 6.07) is 26.8. The molecule has 4 aromatic rings. The largest absolute Gasteiger partial charge is 0.337 e. The van der Waals surface area contributed by atoms with Gasteiger partial charge >= 0.3 is 0 Å². The fourth-order valence-corrected chi connectivity index (χ4v) is 7.57. The Morgan fingerprint density at radius 2 is 0.914 bits per heavy atom. The standard InChI is InChI=1S/C17H19NS.C15H14S/c1-11(2)18-16-12(3)7-5-9-14(16)19-15-10-6-8-13(4)17(15)18;1-10-5-3-7-14-12(10)9-13-11(2)6-4-8-15(13)16-14/h5-11H,1-4H3;3-8H,9H2,1-2H3. The number of hydrogen-bond acceptors (Lipinski definition) is 3. The van der Waals surface area contributed by atoms with E-state index in [4.69, 9.17) is 0 Å². The molecule has 0 unspecified atom stereocenters. The number of aryl methyl sites for hydroxylation is 4. The molecule has 2 aliphatic rings. The third kappa shape index (κ3) is 4.52. The molecule has 0 saturated carbocycles. The van der Waals surface area contributed by atoms with Crippen LogP contribution in [0.4, 0.5) is 11.4 Å². The second-order valence-electron chi connectivity index (χ2n) is 9.79. The van der Waals surface area contributed by atoms with Crippen LogP contribution in [0.5, 0.6) is 0 Å². The van der Waals surface area contributed by atoms with Crippen LogP contribution in [0, 0.1) is 27.7 Å². The molecule has 4 aromatic carbocycles. The van der Waals surface area contributed by atoms with Crippen molar-refractivity contribution in [2.45, 2.75) is 73.6 Å². The lowest BCUT2D eigenvalue weighted by molar-refractivity contribution is 0.767. The normalized spacial score (nSPS) is 13.3. The van der Waals surface area contributed by atoms with E-state index in [0.29, 0.717) is 6.04 Å². The molecule has 35 heavy (non-hydrogen) atoms. The second kappa shape index (κ2) is 9.79. The summed E-state index contributed by atoms with van der Waals surface area (Å²) >= 11 is 3.80. The average molecular weight is 496 g/mol. The lowest BCUT2D eigenvalue weighted by atomic mass is 9.97. The molecule has 1 nitrogen and oxygen atoms in total. The topological polar surface area (TPSA) is 3.24 Å². The Morgan fingerprint density at radius 3 is 1.34 bits per heavy atom. The molecule has 3 heteroatoms. The summed E-state index contributed by atoms with van der Waals surface area (Å²) < 4.78 is 0. The first-order chi connectivity index (χ1) is 16.8. The predicted octanol–water partition coefficient (Wildman–Crippen LogP) is 9.67. The van der Waals surface area contributed by atoms with E-state index in [2.05, 4.69) is 119 Å². The summed E-state index contributed by atoms with van der Waals surface area (Å²) in [6.07, 6.45) is 1.09. The molecule has 0 N–H and O–H groups in total. The first-order valence-electron chi connectivity index (χ1n) is 12.4. The number of para-hydroxylation sites is 2. The van der Waals surface area contributed by atoms with Crippen molar-refractivity contribution >= 4 is 34.9 Å². The average Bonchev–Trinajstić information content (AvgIpc) is 2.83.